The maximum atomic E-state index is 13.7. The number of benzene rings is 1. The predicted octanol–water partition coefficient (Wildman–Crippen LogP) is 3.52. The van der Waals surface area contributed by atoms with Crippen molar-refractivity contribution in [2.45, 2.75) is 43.5 Å². The van der Waals surface area contributed by atoms with Gasteiger partial charge < -0.3 is 4.90 Å². The van der Waals surface area contributed by atoms with Gasteiger partial charge in [0.15, 0.2) is 0 Å². The summed E-state index contributed by atoms with van der Waals surface area (Å²) in [6, 6.07) is 4.69. The van der Waals surface area contributed by atoms with E-state index in [1.807, 2.05) is 4.90 Å². The molecule has 0 saturated heterocycles. The quantitative estimate of drug-likeness (QED) is 0.809. The summed E-state index contributed by atoms with van der Waals surface area (Å²) in [6.45, 7) is 2.81. The van der Waals surface area contributed by atoms with Crippen LogP contribution in [0.2, 0.25) is 0 Å². The molecular weight excluding hydrogens is 249 g/mol. The van der Waals surface area contributed by atoms with Gasteiger partial charge in [-0.2, -0.15) is 0 Å². The Morgan fingerprint density at radius 1 is 1.50 bits per heavy atom. The molecule has 1 aromatic rings. The smallest absolute Gasteiger partial charge is 0.257 e. The number of carbonyl (C=O) groups is 1. The Labute approximate surface area is 113 Å². The lowest BCUT2D eigenvalue weighted by molar-refractivity contribution is 0.0735. The van der Waals surface area contributed by atoms with Crippen molar-refractivity contribution in [1.82, 2.24) is 4.90 Å². The summed E-state index contributed by atoms with van der Waals surface area (Å²) >= 11 is 4.16. The number of amides is 1. The molecular formula is C14H18FNOS. The van der Waals surface area contributed by atoms with Gasteiger partial charge >= 0.3 is 0 Å². The highest BCUT2D eigenvalue weighted by Gasteiger charge is 2.33. The molecule has 18 heavy (non-hydrogen) atoms. The molecule has 4 heteroatoms. The van der Waals surface area contributed by atoms with Crippen LogP contribution in [0.4, 0.5) is 4.39 Å². The second-order valence-electron chi connectivity index (χ2n) is 4.75. The summed E-state index contributed by atoms with van der Waals surface area (Å²) in [4.78, 5) is 14.8. The third-order valence-electron chi connectivity index (χ3n) is 3.18. The molecule has 0 spiro atoms. The van der Waals surface area contributed by atoms with Crippen molar-refractivity contribution in [1.29, 1.82) is 0 Å². The lowest BCUT2D eigenvalue weighted by Gasteiger charge is -2.22. The maximum Gasteiger partial charge on any atom is 0.257 e. The van der Waals surface area contributed by atoms with Crippen LogP contribution in [0.15, 0.2) is 23.1 Å². The summed E-state index contributed by atoms with van der Waals surface area (Å²) in [6.07, 6.45) is 4.07. The van der Waals surface area contributed by atoms with Gasteiger partial charge in [-0.3, -0.25) is 4.79 Å². The van der Waals surface area contributed by atoms with Gasteiger partial charge in [-0.15, -0.1) is 12.6 Å². The molecule has 0 heterocycles. The Bertz CT molecular complexity index is 445. The number of thiol groups is 1. The van der Waals surface area contributed by atoms with Crippen LogP contribution in [-0.2, 0) is 0 Å². The first-order valence-electron chi connectivity index (χ1n) is 6.43. The highest BCUT2D eigenvalue weighted by atomic mass is 32.1. The highest BCUT2D eigenvalue weighted by molar-refractivity contribution is 7.80. The minimum absolute atomic E-state index is 0.144. The van der Waals surface area contributed by atoms with Crippen LogP contribution < -0.4 is 0 Å². The largest absolute Gasteiger partial charge is 0.336 e. The number of hydrogen-bond acceptors (Lipinski definition) is 2. The van der Waals surface area contributed by atoms with Crippen LogP contribution in [0.1, 0.15) is 43.0 Å². The molecule has 98 valence electrons. The van der Waals surface area contributed by atoms with Crippen molar-refractivity contribution in [2.75, 3.05) is 6.54 Å². The Kier molecular flexibility index (Phi) is 4.27. The second kappa shape index (κ2) is 5.74. The fourth-order valence-electron chi connectivity index (χ4n) is 2.00. The average molecular weight is 267 g/mol. The first-order chi connectivity index (χ1) is 8.63. The number of rotatable bonds is 5. The van der Waals surface area contributed by atoms with Crippen LogP contribution in [0.3, 0.4) is 0 Å². The SMILES string of the molecule is CCCCN(C(=O)c1cc(S)ccc1F)C1CC1. The first-order valence-corrected chi connectivity index (χ1v) is 6.87. The molecule has 2 nitrogen and oxygen atoms in total. The van der Waals surface area contributed by atoms with Crippen molar-refractivity contribution in [3.05, 3.63) is 29.6 Å². The summed E-state index contributed by atoms with van der Waals surface area (Å²) in [5, 5.41) is 0. The molecule has 1 saturated carbocycles. The van der Waals surface area contributed by atoms with Gasteiger partial charge in [-0.1, -0.05) is 13.3 Å². The van der Waals surface area contributed by atoms with Crippen LogP contribution >= 0.6 is 12.6 Å². The van der Waals surface area contributed by atoms with E-state index in [1.165, 1.54) is 12.1 Å². The molecule has 1 fully saturated rings. The number of nitrogens with zero attached hydrogens (tertiary/aromatic N) is 1. The zero-order valence-corrected chi connectivity index (χ0v) is 11.4. The third kappa shape index (κ3) is 3.05. The van der Waals surface area contributed by atoms with Crippen LogP contribution in [0.25, 0.3) is 0 Å². The van der Waals surface area contributed by atoms with E-state index < -0.39 is 5.82 Å². The molecule has 0 atom stereocenters. The van der Waals surface area contributed by atoms with E-state index in [-0.39, 0.29) is 11.5 Å². The van der Waals surface area contributed by atoms with Gasteiger partial charge in [-0.05, 0) is 37.5 Å². The molecule has 2 rings (SSSR count). The van der Waals surface area contributed by atoms with Crippen molar-refractivity contribution in [3.8, 4) is 0 Å². The van der Waals surface area contributed by atoms with Crippen LogP contribution in [-0.4, -0.2) is 23.4 Å². The molecule has 0 N–H and O–H groups in total. The van der Waals surface area contributed by atoms with Crippen molar-refractivity contribution in [2.24, 2.45) is 0 Å². The molecule has 0 aliphatic heterocycles. The molecule has 0 aromatic heterocycles. The second-order valence-corrected chi connectivity index (χ2v) is 5.26. The number of unbranched alkanes of at least 4 members (excludes halogenated alkanes) is 1. The maximum absolute atomic E-state index is 13.7. The van der Waals surface area contributed by atoms with E-state index in [1.54, 1.807) is 6.07 Å². The summed E-state index contributed by atoms with van der Waals surface area (Å²) in [5.41, 5.74) is 0.144. The molecule has 1 aliphatic carbocycles. The Balaban J connectivity index is 2.19. The minimum atomic E-state index is -0.458. The van der Waals surface area contributed by atoms with Gasteiger partial charge in [0.1, 0.15) is 5.82 Å². The molecule has 0 radical (unpaired) electrons. The van der Waals surface area contributed by atoms with E-state index in [9.17, 15) is 9.18 Å². The number of hydrogen-bond donors (Lipinski definition) is 1. The fourth-order valence-corrected chi connectivity index (χ4v) is 2.20. The highest BCUT2D eigenvalue weighted by Crippen LogP contribution is 2.29. The van der Waals surface area contributed by atoms with E-state index in [4.69, 9.17) is 0 Å². The fraction of sp³-hybridized carbons (Fsp3) is 0.500. The first kappa shape index (κ1) is 13.4. The molecule has 0 unspecified atom stereocenters. The topological polar surface area (TPSA) is 20.3 Å². The number of halogens is 1. The van der Waals surface area contributed by atoms with Crippen molar-refractivity contribution in [3.63, 3.8) is 0 Å². The molecule has 1 aliphatic rings. The van der Waals surface area contributed by atoms with Gasteiger partial charge in [0.2, 0.25) is 0 Å². The standard InChI is InChI=1S/C14H18FNOS/c1-2-3-8-16(10-4-5-10)14(17)12-9-11(18)6-7-13(12)15/h6-7,9-10,18H,2-5,8H2,1H3. The van der Waals surface area contributed by atoms with Crippen LogP contribution in [0, 0.1) is 5.82 Å². The summed E-state index contributed by atoms with van der Waals surface area (Å²) < 4.78 is 13.7. The minimum Gasteiger partial charge on any atom is -0.336 e. The monoisotopic (exact) mass is 267 g/mol. The van der Waals surface area contributed by atoms with E-state index in [2.05, 4.69) is 19.6 Å². The van der Waals surface area contributed by atoms with E-state index in [0.29, 0.717) is 10.9 Å². The zero-order valence-electron chi connectivity index (χ0n) is 10.5. The Hall–Kier alpha value is -1.03. The summed E-state index contributed by atoms with van der Waals surface area (Å²) in [5.74, 6) is -0.653. The predicted molar refractivity (Wildman–Crippen MR) is 72.6 cm³/mol. The lowest BCUT2D eigenvalue weighted by atomic mass is 10.1. The van der Waals surface area contributed by atoms with E-state index in [0.717, 1.165) is 32.2 Å². The van der Waals surface area contributed by atoms with Gasteiger partial charge in [0, 0.05) is 17.5 Å². The average Bonchev–Trinajstić information content (AvgIpc) is 3.17. The van der Waals surface area contributed by atoms with Gasteiger partial charge in [0.05, 0.1) is 5.56 Å². The van der Waals surface area contributed by atoms with Crippen molar-refractivity contribution >= 4 is 18.5 Å². The third-order valence-corrected chi connectivity index (χ3v) is 3.46. The summed E-state index contributed by atoms with van der Waals surface area (Å²) in [7, 11) is 0. The van der Waals surface area contributed by atoms with E-state index >= 15 is 0 Å². The van der Waals surface area contributed by atoms with Gasteiger partial charge in [0.25, 0.3) is 5.91 Å². The number of carbonyl (C=O) groups excluding carboxylic acids is 1. The Morgan fingerprint density at radius 3 is 2.83 bits per heavy atom. The zero-order chi connectivity index (χ0) is 13.1. The normalized spacial score (nSPS) is 14.6. The van der Waals surface area contributed by atoms with Crippen LogP contribution in [0.5, 0.6) is 0 Å². The van der Waals surface area contributed by atoms with Crippen molar-refractivity contribution < 1.29 is 9.18 Å². The molecule has 0 bridgehead atoms. The Morgan fingerprint density at radius 2 is 2.22 bits per heavy atom. The molecule has 1 amide bonds. The lowest BCUT2D eigenvalue weighted by Crippen LogP contribution is -2.34. The van der Waals surface area contributed by atoms with Gasteiger partial charge in [-0.25, -0.2) is 4.39 Å². The molecule has 1 aromatic carbocycles.